The maximum Gasteiger partial charge on any atom is 0.200 e. The Bertz CT molecular complexity index is 1080. The molecule has 0 unspecified atom stereocenters. The first-order valence-electron chi connectivity index (χ1n) is 9.20. The summed E-state index contributed by atoms with van der Waals surface area (Å²) in [7, 11) is 0. The van der Waals surface area contributed by atoms with E-state index in [9.17, 15) is 4.79 Å². The third kappa shape index (κ3) is 2.41. The highest BCUT2D eigenvalue weighted by molar-refractivity contribution is 6.31. The van der Waals surface area contributed by atoms with E-state index < -0.39 is 11.6 Å². The molecule has 1 spiro atoms. The first kappa shape index (κ1) is 17.1. The molecule has 138 valence electrons. The number of ketones is 1. The Kier molecular flexibility index (Phi) is 4.02. The zero-order chi connectivity index (χ0) is 19.1. The van der Waals surface area contributed by atoms with E-state index in [1.807, 2.05) is 72.8 Å². The van der Waals surface area contributed by atoms with Crippen LogP contribution in [0.2, 0.25) is 5.02 Å². The minimum Gasteiger partial charge on any atom is -0.482 e. The van der Waals surface area contributed by atoms with Crippen LogP contribution < -0.4 is 4.74 Å². The van der Waals surface area contributed by atoms with E-state index in [1.54, 1.807) is 6.07 Å². The van der Waals surface area contributed by atoms with Crippen molar-refractivity contribution in [3.63, 3.8) is 0 Å². The van der Waals surface area contributed by atoms with E-state index >= 15 is 0 Å². The lowest BCUT2D eigenvalue weighted by Gasteiger charge is -2.41. The molecule has 0 bridgehead atoms. The average Bonchev–Trinajstić information content (AvgIpc) is 3.17. The van der Waals surface area contributed by atoms with Crippen molar-refractivity contribution >= 4 is 17.4 Å². The van der Waals surface area contributed by atoms with Gasteiger partial charge >= 0.3 is 0 Å². The van der Waals surface area contributed by atoms with Crippen molar-refractivity contribution in [2.45, 2.75) is 17.6 Å². The SMILES string of the molecule is O=C1c2ccccc2O[C@H](c2ccccc2)[C@@]12N=NC[C@H]2c1ccccc1Cl. The van der Waals surface area contributed by atoms with Gasteiger partial charge in [-0.2, -0.15) is 10.2 Å². The lowest BCUT2D eigenvalue weighted by Crippen LogP contribution is -2.51. The average molecular weight is 389 g/mol. The van der Waals surface area contributed by atoms with Gasteiger partial charge in [0.05, 0.1) is 12.1 Å². The van der Waals surface area contributed by atoms with Gasteiger partial charge in [-0.1, -0.05) is 72.3 Å². The van der Waals surface area contributed by atoms with Crippen molar-refractivity contribution in [2.75, 3.05) is 6.54 Å². The summed E-state index contributed by atoms with van der Waals surface area (Å²) in [6.07, 6.45) is -0.580. The summed E-state index contributed by atoms with van der Waals surface area (Å²) >= 11 is 6.51. The molecule has 0 saturated heterocycles. The fraction of sp³-hybridized carbons (Fsp3) is 0.174. The van der Waals surface area contributed by atoms with Crippen LogP contribution in [0.5, 0.6) is 5.75 Å². The lowest BCUT2D eigenvalue weighted by molar-refractivity contribution is 0.0522. The molecule has 0 aliphatic carbocycles. The molecule has 0 amide bonds. The van der Waals surface area contributed by atoms with Gasteiger partial charge < -0.3 is 4.74 Å². The predicted molar refractivity (Wildman–Crippen MR) is 107 cm³/mol. The van der Waals surface area contributed by atoms with Crippen LogP contribution in [0, 0.1) is 0 Å². The first-order valence-corrected chi connectivity index (χ1v) is 9.58. The van der Waals surface area contributed by atoms with Crippen molar-refractivity contribution in [1.29, 1.82) is 0 Å². The number of nitrogens with zero attached hydrogens (tertiary/aromatic N) is 2. The largest absolute Gasteiger partial charge is 0.482 e. The highest BCUT2D eigenvalue weighted by Gasteiger charge is 2.60. The number of carbonyl (C=O) groups is 1. The number of fused-ring (bicyclic) bond motifs is 1. The zero-order valence-electron chi connectivity index (χ0n) is 15.0. The maximum absolute atomic E-state index is 13.8. The predicted octanol–water partition coefficient (Wildman–Crippen LogP) is 5.64. The molecule has 0 saturated carbocycles. The minimum absolute atomic E-state index is 0.0747. The van der Waals surface area contributed by atoms with Gasteiger partial charge in [-0.05, 0) is 29.3 Å². The Morgan fingerprint density at radius 2 is 1.64 bits per heavy atom. The van der Waals surface area contributed by atoms with E-state index in [-0.39, 0.29) is 11.7 Å². The fourth-order valence-electron chi connectivity index (χ4n) is 4.24. The summed E-state index contributed by atoms with van der Waals surface area (Å²) in [5, 5.41) is 9.49. The molecule has 0 radical (unpaired) electrons. The van der Waals surface area contributed by atoms with Crippen LogP contribution >= 0.6 is 11.6 Å². The van der Waals surface area contributed by atoms with Crippen molar-refractivity contribution in [2.24, 2.45) is 10.2 Å². The fourth-order valence-corrected chi connectivity index (χ4v) is 4.51. The Hall–Kier alpha value is -2.98. The van der Waals surface area contributed by atoms with Gasteiger partial charge in [0.2, 0.25) is 5.78 Å². The summed E-state index contributed by atoms with van der Waals surface area (Å²) in [6, 6.07) is 24.7. The number of ether oxygens (including phenoxy) is 1. The molecule has 0 aromatic heterocycles. The van der Waals surface area contributed by atoms with Crippen molar-refractivity contribution in [3.05, 3.63) is 101 Å². The number of hydrogen-bond acceptors (Lipinski definition) is 4. The molecular weight excluding hydrogens is 372 g/mol. The molecule has 2 aliphatic heterocycles. The van der Waals surface area contributed by atoms with Crippen LogP contribution in [0.1, 0.15) is 33.5 Å². The van der Waals surface area contributed by atoms with E-state index in [0.717, 1.165) is 11.1 Å². The summed E-state index contributed by atoms with van der Waals surface area (Å²) in [5.41, 5.74) is 1.11. The summed E-state index contributed by atoms with van der Waals surface area (Å²) in [4.78, 5) is 13.8. The molecule has 2 aliphatic rings. The Morgan fingerprint density at radius 1 is 0.929 bits per heavy atom. The number of halogens is 1. The smallest absolute Gasteiger partial charge is 0.200 e. The van der Waals surface area contributed by atoms with E-state index in [2.05, 4.69) is 10.2 Å². The number of azo groups is 1. The number of para-hydroxylation sites is 1. The molecule has 28 heavy (non-hydrogen) atoms. The van der Waals surface area contributed by atoms with Crippen LogP contribution in [0.4, 0.5) is 0 Å². The first-order chi connectivity index (χ1) is 13.7. The van der Waals surface area contributed by atoms with Gasteiger partial charge in [0.25, 0.3) is 0 Å². The van der Waals surface area contributed by atoms with Crippen LogP contribution in [-0.4, -0.2) is 17.9 Å². The van der Waals surface area contributed by atoms with Crippen LogP contribution in [-0.2, 0) is 0 Å². The van der Waals surface area contributed by atoms with Gasteiger partial charge in [-0.25, -0.2) is 0 Å². The summed E-state index contributed by atoms with van der Waals surface area (Å²) < 4.78 is 6.40. The van der Waals surface area contributed by atoms with E-state index in [1.165, 1.54) is 0 Å². The van der Waals surface area contributed by atoms with E-state index in [4.69, 9.17) is 16.3 Å². The highest BCUT2D eigenvalue weighted by Crippen LogP contribution is 2.53. The molecule has 3 atom stereocenters. The molecule has 4 nitrogen and oxygen atoms in total. The van der Waals surface area contributed by atoms with Crippen LogP contribution in [0.25, 0.3) is 0 Å². The lowest BCUT2D eigenvalue weighted by atomic mass is 9.69. The van der Waals surface area contributed by atoms with Crippen LogP contribution in [0.15, 0.2) is 89.1 Å². The number of hydrogen-bond donors (Lipinski definition) is 0. The molecule has 2 heterocycles. The van der Waals surface area contributed by atoms with Crippen molar-refractivity contribution in [1.82, 2.24) is 0 Å². The molecule has 5 heteroatoms. The van der Waals surface area contributed by atoms with Crippen LogP contribution in [0.3, 0.4) is 0 Å². The topological polar surface area (TPSA) is 51.0 Å². The molecule has 3 aromatic carbocycles. The molecule has 0 fully saturated rings. The Labute approximate surface area is 167 Å². The number of rotatable bonds is 2. The number of Topliss-reactive ketones (excluding diaryl/α,β-unsaturated/α-hetero) is 1. The van der Waals surface area contributed by atoms with Crippen molar-refractivity contribution in [3.8, 4) is 5.75 Å². The summed E-state index contributed by atoms with van der Waals surface area (Å²) in [5.74, 6) is 0.202. The quantitative estimate of drug-likeness (QED) is 0.570. The van der Waals surface area contributed by atoms with Gasteiger partial charge in [0.15, 0.2) is 11.6 Å². The number of carbonyl (C=O) groups excluding carboxylic acids is 1. The summed E-state index contributed by atoms with van der Waals surface area (Å²) in [6.45, 7) is 0.393. The standard InChI is InChI=1S/C23H17ClN2O2/c24-19-12-6-4-10-16(19)18-14-25-26-23(18)21(27)17-11-5-7-13-20(17)28-22(23)15-8-2-1-3-9-15/h1-13,18,22H,14H2/t18-,22+,23-/m0/s1. The maximum atomic E-state index is 13.8. The minimum atomic E-state index is -1.18. The second-order valence-corrected chi connectivity index (χ2v) is 7.46. The molecule has 0 N–H and O–H groups in total. The Balaban J connectivity index is 1.75. The zero-order valence-corrected chi connectivity index (χ0v) is 15.7. The third-order valence-corrected chi connectivity index (χ3v) is 5.90. The van der Waals surface area contributed by atoms with E-state index in [0.29, 0.717) is 22.9 Å². The second-order valence-electron chi connectivity index (χ2n) is 7.06. The molecule has 3 aromatic rings. The van der Waals surface area contributed by atoms with Gasteiger partial charge in [0, 0.05) is 10.9 Å². The van der Waals surface area contributed by atoms with Gasteiger partial charge in [0.1, 0.15) is 5.75 Å². The second kappa shape index (κ2) is 6.57. The molecular formula is C23H17ClN2O2. The molecule has 5 rings (SSSR count). The monoisotopic (exact) mass is 388 g/mol. The van der Waals surface area contributed by atoms with Crippen molar-refractivity contribution < 1.29 is 9.53 Å². The Morgan fingerprint density at radius 3 is 2.46 bits per heavy atom. The van der Waals surface area contributed by atoms with Gasteiger partial charge in [-0.15, -0.1) is 0 Å². The van der Waals surface area contributed by atoms with Gasteiger partial charge in [-0.3, -0.25) is 4.79 Å². The highest BCUT2D eigenvalue weighted by atomic mass is 35.5. The number of benzene rings is 3. The third-order valence-electron chi connectivity index (χ3n) is 5.55. The normalized spacial score (nSPS) is 25.5.